The van der Waals surface area contributed by atoms with Gasteiger partial charge < -0.3 is 10.2 Å². The Morgan fingerprint density at radius 2 is 1.83 bits per heavy atom. The summed E-state index contributed by atoms with van der Waals surface area (Å²) in [4.78, 5) is 14.8. The lowest BCUT2D eigenvalue weighted by molar-refractivity contribution is -0.125. The third kappa shape index (κ3) is 4.93. The van der Waals surface area contributed by atoms with E-state index < -0.39 is 0 Å². The van der Waals surface area contributed by atoms with E-state index in [1.165, 1.54) is 0 Å². The molecule has 1 saturated heterocycles. The standard InChI is InChI=1S/C23H23ClN4O/c24-20-10-8-17(9-11-20)15-25-23(29)19-7-4-14-28(16-19)22-13-12-21(26-27-22)18-5-2-1-3-6-18/h1-3,5-6,8-13,19H,4,7,14-16H2,(H,25,29)/t19-/m1/s1. The van der Waals surface area contributed by atoms with Crippen molar-refractivity contribution in [1.82, 2.24) is 15.5 Å². The smallest absolute Gasteiger partial charge is 0.225 e. The zero-order chi connectivity index (χ0) is 20.1. The quantitative estimate of drug-likeness (QED) is 0.685. The number of aromatic nitrogens is 2. The molecule has 5 nitrogen and oxygen atoms in total. The number of carbonyl (C=O) groups is 1. The fourth-order valence-corrected chi connectivity index (χ4v) is 3.72. The van der Waals surface area contributed by atoms with E-state index in [2.05, 4.69) is 20.4 Å². The summed E-state index contributed by atoms with van der Waals surface area (Å²) in [5.41, 5.74) is 2.94. The summed E-state index contributed by atoms with van der Waals surface area (Å²) in [5.74, 6) is 0.852. The first-order valence-corrected chi connectivity index (χ1v) is 10.2. The van der Waals surface area contributed by atoms with Crippen molar-refractivity contribution in [3.8, 4) is 11.3 Å². The van der Waals surface area contributed by atoms with Gasteiger partial charge in [0.2, 0.25) is 5.91 Å². The van der Waals surface area contributed by atoms with Crippen LogP contribution in [0.1, 0.15) is 18.4 Å². The molecule has 6 heteroatoms. The highest BCUT2D eigenvalue weighted by Gasteiger charge is 2.26. The second kappa shape index (κ2) is 9.05. The summed E-state index contributed by atoms with van der Waals surface area (Å²) in [7, 11) is 0. The topological polar surface area (TPSA) is 58.1 Å². The fraction of sp³-hybridized carbons (Fsp3) is 0.261. The molecule has 0 saturated carbocycles. The van der Waals surface area contributed by atoms with Gasteiger partial charge in [-0.05, 0) is 42.7 Å². The molecule has 0 aliphatic carbocycles. The van der Waals surface area contributed by atoms with Crippen molar-refractivity contribution < 1.29 is 4.79 Å². The molecule has 1 atom stereocenters. The first kappa shape index (κ1) is 19.4. The van der Waals surface area contributed by atoms with Crippen molar-refractivity contribution in [2.75, 3.05) is 18.0 Å². The predicted octanol–water partition coefficient (Wildman–Crippen LogP) is 4.33. The summed E-state index contributed by atoms with van der Waals surface area (Å²) >= 11 is 5.91. The lowest BCUT2D eigenvalue weighted by Crippen LogP contribution is -2.43. The maximum Gasteiger partial charge on any atom is 0.225 e. The number of piperidine rings is 1. The van der Waals surface area contributed by atoms with E-state index in [1.807, 2.05) is 66.7 Å². The average molecular weight is 407 g/mol. The van der Waals surface area contributed by atoms with Gasteiger partial charge in [0.1, 0.15) is 0 Å². The van der Waals surface area contributed by atoms with Crippen LogP contribution in [0.4, 0.5) is 5.82 Å². The number of anilines is 1. The summed E-state index contributed by atoms with van der Waals surface area (Å²) in [5, 5.41) is 12.5. The van der Waals surface area contributed by atoms with Gasteiger partial charge >= 0.3 is 0 Å². The van der Waals surface area contributed by atoms with Gasteiger partial charge in [0.25, 0.3) is 0 Å². The van der Waals surface area contributed by atoms with Crippen molar-refractivity contribution in [2.24, 2.45) is 5.92 Å². The molecule has 29 heavy (non-hydrogen) atoms. The van der Waals surface area contributed by atoms with E-state index in [0.29, 0.717) is 18.1 Å². The molecule has 3 aromatic rings. The van der Waals surface area contributed by atoms with Gasteiger partial charge in [0.15, 0.2) is 5.82 Å². The van der Waals surface area contributed by atoms with E-state index in [1.54, 1.807) is 0 Å². The first-order chi connectivity index (χ1) is 14.2. The molecular weight excluding hydrogens is 384 g/mol. The second-order valence-electron chi connectivity index (χ2n) is 7.27. The number of benzene rings is 2. The zero-order valence-corrected chi connectivity index (χ0v) is 16.8. The molecule has 0 radical (unpaired) electrons. The van der Waals surface area contributed by atoms with Crippen LogP contribution in [0, 0.1) is 5.92 Å². The molecule has 0 unspecified atom stereocenters. The fourth-order valence-electron chi connectivity index (χ4n) is 3.59. The molecule has 148 valence electrons. The monoisotopic (exact) mass is 406 g/mol. The normalized spacial score (nSPS) is 16.4. The number of amides is 1. The third-order valence-corrected chi connectivity index (χ3v) is 5.47. The van der Waals surface area contributed by atoms with Gasteiger partial charge in [-0.3, -0.25) is 4.79 Å². The minimum absolute atomic E-state index is 0.0494. The highest BCUT2D eigenvalue weighted by Crippen LogP contribution is 2.23. The SMILES string of the molecule is O=C(NCc1ccc(Cl)cc1)[C@@H]1CCCN(c2ccc(-c3ccccc3)nn2)C1. The summed E-state index contributed by atoms with van der Waals surface area (Å²) < 4.78 is 0. The molecule has 4 rings (SSSR count). The number of halogens is 1. The van der Waals surface area contributed by atoms with Gasteiger partial charge in [-0.1, -0.05) is 54.1 Å². The van der Waals surface area contributed by atoms with Crippen LogP contribution in [0.15, 0.2) is 66.7 Å². The largest absolute Gasteiger partial charge is 0.354 e. The summed E-state index contributed by atoms with van der Waals surface area (Å²) in [6.45, 7) is 2.06. The maximum absolute atomic E-state index is 12.7. The Labute approximate surface area is 175 Å². The van der Waals surface area contributed by atoms with Crippen LogP contribution in [0.25, 0.3) is 11.3 Å². The number of nitrogens with one attached hydrogen (secondary N) is 1. The number of rotatable bonds is 5. The Morgan fingerprint density at radius 3 is 2.55 bits per heavy atom. The van der Waals surface area contributed by atoms with Crippen LogP contribution < -0.4 is 10.2 Å². The van der Waals surface area contributed by atoms with Gasteiger partial charge in [-0.15, -0.1) is 10.2 Å². The van der Waals surface area contributed by atoms with E-state index >= 15 is 0 Å². The Kier molecular flexibility index (Phi) is 6.06. The van der Waals surface area contributed by atoms with Crippen molar-refractivity contribution in [3.05, 3.63) is 77.3 Å². The lowest BCUT2D eigenvalue weighted by atomic mass is 9.97. The molecule has 2 heterocycles. The molecule has 1 aromatic heterocycles. The van der Waals surface area contributed by atoms with Crippen LogP contribution in [0.3, 0.4) is 0 Å². The van der Waals surface area contributed by atoms with E-state index in [-0.39, 0.29) is 11.8 Å². The minimum atomic E-state index is -0.0494. The first-order valence-electron chi connectivity index (χ1n) is 9.85. The summed E-state index contributed by atoms with van der Waals surface area (Å²) in [6, 6.07) is 21.5. The average Bonchev–Trinajstić information content (AvgIpc) is 2.79. The zero-order valence-electron chi connectivity index (χ0n) is 16.1. The van der Waals surface area contributed by atoms with Gasteiger partial charge in [-0.25, -0.2) is 0 Å². The van der Waals surface area contributed by atoms with Crippen LogP contribution in [-0.2, 0) is 11.3 Å². The van der Waals surface area contributed by atoms with Crippen LogP contribution >= 0.6 is 11.6 Å². The molecule has 0 bridgehead atoms. The summed E-state index contributed by atoms with van der Waals surface area (Å²) in [6.07, 6.45) is 1.85. The van der Waals surface area contributed by atoms with E-state index in [9.17, 15) is 4.79 Å². The van der Waals surface area contributed by atoms with Crippen LogP contribution in [-0.4, -0.2) is 29.2 Å². The molecule has 1 amide bonds. The number of hydrogen-bond donors (Lipinski definition) is 1. The number of carbonyl (C=O) groups excluding carboxylic acids is 1. The van der Waals surface area contributed by atoms with Crippen molar-refractivity contribution >= 4 is 23.3 Å². The number of nitrogens with zero attached hydrogens (tertiary/aromatic N) is 3. The lowest BCUT2D eigenvalue weighted by Gasteiger charge is -2.32. The highest BCUT2D eigenvalue weighted by molar-refractivity contribution is 6.30. The Hall–Kier alpha value is -2.92. The highest BCUT2D eigenvalue weighted by atomic mass is 35.5. The van der Waals surface area contributed by atoms with Crippen LogP contribution in [0.5, 0.6) is 0 Å². The molecule has 2 aromatic carbocycles. The molecular formula is C23H23ClN4O. The third-order valence-electron chi connectivity index (χ3n) is 5.22. The Bertz CT molecular complexity index is 945. The number of hydrogen-bond acceptors (Lipinski definition) is 4. The minimum Gasteiger partial charge on any atom is -0.354 e. The van der Waals surface area contributed by atoms with Crippen molar-refractivity contribution in [1.29, 1.82) is 0 Å². The molecule has 0 spiro atoms. The van der Waals surface area contributed by atoms with Gasteiger partial charge in [-0.2, -0.15) is 0 Å². The Balaban J connectivity index is 1.36. The maximum atomic E-state index is 12.7. The molecule has 1 aliphatic heterocycles. The van der Waals surface area contributed by atoms with Gasteiger partial charge in [0.05, 0.1) is 11.6 Å². The van der Waals surface area contributed by atoms with E-state index in [0.717, 1.165) is 42.0 Å². The van der Waals surface area contributed by atoms with Crippen molar-refractivity contribution in [3.63, 3.8) is 0 Å². The van der Waals surface area contributed by atoms with Crippen LogP contribution in [0.2, 0.25) is 5.02 Å². The van der Waals surface area contributed by atoms with Gasteiger partial charge in [0, 0.05) is 30.2 Å². The van der Waals surface area contributed by atoms with E-state index in [4.69, 9.17) is 11.6 Å². The van der Waals surface area contributed by atoms with Crippen molar-refractivity contribution in [2.45, 2.75) is 19.4 Å². The Morgan fingerprint density at radius 1 is 1.03 bits per heavy atom. The second-order valence-corrected chi connectivity index (χ2v) is 7.71. The molecule has 1 fully saturated rings. The molecule has 1 aliphatic rings. The molecule has 1 N–H and O–H groups in total. The predicted molar refractivity (Wildman–Crippen MR) is 116 cm³/mol.